The van der Waals surface area contributed by atoms with Crippen LogP contribution in [0.4, 0.5) is 0 Å². The molecule has 0 aliphatic carbocycles. The summed E-state index contributed by atoms with van der Waals surface area (Å²) in [6.45, 7) is 1.59. The summed E-state index contributed by atoms with van der Waals surface area (Å²) in [6, 6.07) is 1.70. The molecule has 0 saturated carbocycles. The first kappa shape index (κ1) is 9.45. The van der Waals surface area contributed by atoms with Crippen molar-refractivity contribution in [2.75, 3.05) is 6.61 Å². The first-order chi connectivity index (χ1) is 5.56. The lowest BCUT2D eigenvalue weighted by atomic mass is 9.96. The van der Waals surface area contributed by atoms with Crippen LogP contribution >= 0.6 is 11.6 Å². The Hall–Kier alpha value is -0.640. The highest BCUT2D eigenvalue weighted by atomic mass is 35.5. The zero-order valence-electron chi connectivity index (χ0n) is 6.79. The zero-order chi connectivity index (χ0) is 9.19. The average Bonchev–Trinajstić information content (AvgIpc) is 2.05. The molecule has 0 amide bonds. The Labute approximate surface area is 76.2 Å². The Kier molecular flexibility index (Phi) is 2.67. The number of halogens is 1. The standard InChI is InChI=1S/C8H11ClN2O/c1-8(10,5-12)6-2-7(9)4-11-3-6/h2-4,12H,5,10H2,1H3. The van der Waals surface area contributed by atoms with Crippen molar-refractivity contribution in [2.24, 2.45) is 5.73 Å². The van der Waals surface area contributed by atoms with Crippen LogP contribution in [0.15, 0.2) is 18.5 Å². The number of pyridine rings is 1. The maximum Gasteiger partial charge on any atom is 0.0651 e. The number of rotatable bonds is 2. The number of aliphatic hydroxyl groups excluding tert-OH is 1. The van der Waals surface area contributed by atoms with Gasteiger partial charge in [-0.25, -0.2) is 0 Å². The van der Waals surface area contributed by atoms with Gasteiger partial charge in [0, 0.05) is 12.4 Å². The van der Waals surface area contributed by atoms with E-state index < -0.39 is 5.54 Å². The molecule has 1 rings (SSSR count). The van der Waals surface area contributed by atoms with E-state index in [1.165, 1.54) is 6.20 Å². The van der Waals surface area contributed by atoms with E-state index in [-0.39, 0.29) is 6.61 Å². The molecule has 1 atom stereocenters. The maximum absolute atomic E-state index is 8.94. The van der Waals surface area contributed by atoms with E-state index >= 15 is 0 Å². The minimum Gasteiger partial charge on any atom is -0.394 e. The lowest BCUT2D eigenvalue weighted by molar-refractivity contribution is 0.210. The van der Waals surface area contributed by atoms with E-state index in [1.54, 1.807) is 19.2 Å². The minimum atomic E-state index is -0.766. The SMILES string of the molecule is CC(N)(CO)c1cncc(Cl)c1. The van der Waals surface area contributed by atoms with E-state index in [0.29, 0.717) is 5.02 Å². The molecule has 0 saturated heterocycles. The van der Waals surface area contributed by atoms with E-state index in [0.717, 1.165) is 5.56 Å². The zero-order valence-corrected chi connectivity index (χ0v) is 7.54. The number of hydrogen-bond acceptors (Lipinski definition) is 3. The van der Waals surface area contributed by atoms with Crippen molar-refractivity contribution in [3.8, 4) is 0 Å². The highest BCUT2D eigenvalue weighted by molar-refractivity contribution is 6.30. The monoisotopic (exact) mass is 186 g/mol. The van der Waals surface area contributed by atoms with Gasteiger partial charge < -0.3 is 10.8 Å². The number of aliphatic hydroxyl groups is 1. The number of aromatic nitrogens is 1. The van der Waals surface area contributed by atoms with Gasteiger partial charge in [0.05, 0.1) is 17.2 Å². The van der Waals surface area contributed by atoms with Gasteiger partial charge in [-0.05, 0) is 18.6 Å². The van der Waals surface area contributed by atoms with Gasteiger partial charge in [0.1, 0.15) is 0 Å². The predicted molar refractivity (Wildman–Crippen MR) is 47.9 cm³/mol. The highest BCUT2D eigenvalue weighted by Crippen LogP contribution is 2.18. The fourth-order valence-corrected chi connectivity index (χ4v) is 0.989. The van der Waals surface area contributed by atoms with E-state index in [9.17, 15) is 0 Å². The van der Waals surface area contributed by atoms with Crippen molar-refractivity contribution in [1.29, 1.82) is 0 Å². The molecule has 0 radical (unpaired) electrons. The average molecular weight is 187 g/mol. The molecule has 12 heavy (non-hydrogen) atoms. The third kappa shape index (κ3) is 1.94. The van der Waals surface area contributed by atoms with E-state index in [4.69, 9.17) is 22.4 Å². The topological polar surface area (TPSA) is 59.1 Å². The molecule has 66 valence electrons. The first-order valence-corrected chi connectivity index (χ1v) is 3.95. The summed E-state index contributed by atoms with van der Waals surface area (Å²) in [5.41, 5.74) is 5.73. The van der Waals surface area contributed by atoms with Gasteiger partial charge in [-0.15, -0.1) is 0 Å². The normalized spacial score (nSPS) is 15.7. The Morgan fingerprint density at radius 1 is 1.67 bits per heavy atom. The van der Waals surface area contributed by atoms with Crippen LogP contribution in [0.25, 0.3) is 0 Å². The fourth-order valence-electron chi connectivity index (χ4n) is 0.815. The second-order valence-corrected chi connectivity index (χ2v) is 3.40. The van der Waals surface area contributed by atoms with Gasteiger partial charge in [0.25, 0.3) is 0 Å². The molecule has 0 aromatic carbocycles. The molecule has 3 nitrogen and oxygen atoms in total. The second-order valence-electron chi connectivity index (χ2n) is 2.97. The predicted octanol–water partition coefficient (Wildman–Crippen LogP) is 0.901. The Morgan fingerprint density at radius 2 is 2.33 bits per heavy atom. The molecule has 1 unspecified atom stereocenters. The third-order valence-electron chi connectivity index (χ3n) is 1.69. The van der Waals surface area contributed by atoms with Crippen molar-refractivity contribution in [3.05, 3.63) is 29.0 Å². The summed E-state index contributed by atoms with van der Waals surface area (Å²) in [5, 5.41) is 9.47. The van der Waals surface area contributed by atoms with Gasteiger partial charge in [-0.3, -0.25) is 4.98 Å². The molecule has 1 aromatic rings. The van der Waals surface area contributed by atoms with E-state index in [2.05, 4.69) is 4.98 Å². The second kappa shape index (κ2) is 3.39. The lowest BCUT2D eigenvalue weighted by Crippen LogP contribution is -2.36. The Bertz CT molecular complexity index is 276. The van der Waals surface area contributed by atoms with Crippen LogP contribution in [0.2, 0.25) is 5.02 Å². The molecular formula is C8H11ClN2O. The molecule has 0 spiro atoms. The largest absolute Gasteiger partial charge is 0.394 e. The smallest absolute Gasteiger partial charge is 0.0651 e. The molecular weight excluding hydrogens is 176 g/mol. The first-order valence-electron chi connectivity index (χ1n) is 3.57. The summed E-state index contributed by atoms with van der Waals surface area (Å²) < 4.78 is 0. The van der Waals surface area contributed by atoms with Gasteiger partial charge in [-0.1, -0.05) is 11.6 Å². The number of hydrogen-bond donors (Lipinski definition) is 2. The summed E-state index contributed by atoms with van der Waals surface area (Å²) in [5.74, 6) is 0. The van der Waals surface area contributed by atoms with Crippen LogP contribution in [-0.2, 0) is 5.54 Å². The quantitative estimate of drug-likeness (QED) is 0.722. The van der Waals surface area contributed by atoms with E-state index in [1.807, 2.05) is 0 Å². The summed E-state index contributed by atoms with van der Waals surface area (Å²) in [7, 11) is 0. The third-order valence-corrected chi connectivity index (χ3v) is 1.90. The van der Waals surface area contributed by atoms with Crippen LogP contribution in [0, 0.1) is 0 Å². The van der Waals surface area contributed by atoms with Crippen molar-refractivity contribution in [1.82, 2.24) is 4.98 Å². The molecule has 0 fully saturated rings. The van der Waals surface area contributed by atoms with Crippen molar-refractivity contribution in [2.45, 2.75) is 12.5 Å². The van der Waals surface area contributed by atoms with Gasteiger partial charge in [-0.2, -0.15) is 0 Å². The number of nitrogens with zero attached hydrogens (tertiary/aromatic N) is 1. The highest BCUT2D eigenvalue weighted by Gasteiger charge is 2.20. The Morgan fingerprint density at radius 3 is 2.83 bits per heavy atom. The van der Waals surface area contributed by atoms with Crippen molar-refractivity contribution < 1.29 is 5.11 Å². The molecule has 0 aliphatic rings. The molecule has 1 aromatic heterocycles. The van der Waals surface area contributed by atoms with Crippen LogP contribution in [-0.4, -0.2) is 16.7 Å². The number of nitrogens with two attached hydrogens (primary N) is 1. The van der Waals surface area contributed by atoms with Crippen molar-refractivity contribution in [3.63, 3.8) is 0 Å². The molecule has 0 bridgehead atoms. The Balaban J connectivity index is 3.03. The fraction of sp³-hybridized carbons (Fsp3) is 0.375. The summed E-state index contributed by atoms with van der Waals surface area (Å²) >= 11 is 5.71. The van der Waals surface area contributed by atoms with Gasteiger partial charge in [0.2, 0.25) is 0 Å². The van der Waals surface area contributed by atoms with Crippen LogP contribution in [0.3, 0.4) is 0 Å². The van der Waals surface area contributed by atoms with Crippen molar-refractivity contribution >= 4 is 11.6 Å². The maximum atomic E-state index is 8.94. The minimum absolute atomic E-state index is 0.130. The van der Waals surface area contributed by atoms with Gasteiger partial charge >= 0.3 is 0 Å². The summed E-state index contributed by atoms with van der Waals surface area (Å²) in [4.78, 5) is 3.88. The molecule has 0 aliphatic heterocycles. The molecule has 4 heteroatoms. The van der Waals surface area contributed by atoms with Gasteiger partial charge in [0.15, 0.2) is 0 Å². The van der Waals surface area contributed by atoms with Crippen LogP contribution in [0.1, 0.15) is 12.5 Å². The molecule has 1 heterocycles. The summed E-state index contributed by atoms with van der Waals surface area (Å²) in [6.07, 6.45) is 3.13. The molecule has 3 N–H and O–H groups in total. The lowest BCUT2D eigenvalue weighted by Gasteiger charge is -2.21. The van der Waals surface area contributed by atoms with Crippen LogP contribution < -0.4 is 5.73 Å². The van der Waals surface area contributed by atoms with Crippen LogP contribution in [0.5, 0.6) is 0 Å².